The first-order valence-electron chi connectivity index (χ1n) is 6.76. The van der Waals surface area contributed by atoms with Gasteiger partial charge in [-0.15, -0.1) is 0 Å². The Morgan fingerprint density at radius 3 is 2.52 bits per heavy atom. The molecular formula is C17H15F2NO3. The van der Waals surface area contributed by atoms with Crippen molar-refractivity contribution in [1.82, 2.24) is 0 Å². The fraction of sp³-hybridized carbons (Fsp3) is 0.118. The number of halogens is 2. The first-order chi connectivity index (χ1) is 11.1. The van der Waals surface area contributed by atoms with Gasteiger partial charge in [-0.05, 0) is 24.3 Å². The number of hydrogen-bond donors (Lipinski definition) is 1. The molecule has 1 amide bonds. The summed E-state index contributed by atoms with van der Waals surface area (Å²) in [4.78, 5) is 11.9. The lowest BCUT2D eigenvalue weighted by Crippen LogP contribution is -2.08. The van der Waals surface area contributed by atoms with Crippen LogP contribution in [0, 0.1) is 0 Å². The molecule has 4 nitrogen and oxygen atoms in total. The van der Waals surface area contributed by atoms with Gasteiger partial charge in [0.1, 0.15) is 0 Å². The normalized spacial score (nSPS) is 10.8. The number of alkyl halides is 2. The van der Waals surface area contributed by atoms with E-state index in [0.717, 1.165) is 0 Å². The van der Waals surface area contributed by atoms with Crippen molar-refractivity contribution in [3.05, 3.63) is 60.2 Å². The smallest absolute Gasteiger partial charge is 0.387 e. The minimum absolute atomic E-state index is 0.117. The maximum absolute atomic E-state index is 12.5. The predicted octanol–water partition coefficient (Wildman–Crippen LogP) is 3.95. The van der Waals surface area contributed by atoms with Gasteiger partial charge in [-0.25, -0.2) is 0 Å². The summed E-state index contributed by atoms with van der Waals surface area (Å²) in [6.45, 7) is -2.99. The summed E-state index contributed by atoms with van der Waals surface area (Å²) < 4.78 is 34.5. The van der Waals surface area contributed by atoms with Crippen LogP contribution < -0.4 is 14.8 Å². The second-order valence-corrected chi connectivity index (χ2v) is 4.45. The van der Waals surface area contributed by atoms with E-state index in [4.69, 9.17) is 4.74 Å². The molecule has 0 aromatic heterocycles. The molecule has 0 bridgehead atoms. The Hall–Kier alpha value is -2.89. The minimum atomic E-state index is -2.99. The lowest BCUT2D eigenvalue weighted by molar-refractivity contribution is -0.111. The van der Waals surface area contributed by atoms with E-state index in [9.17, 15) is 13.6 Å². The quantitative estimate of drug-likeness (QED) is 0.820. The number of amides is 1. The van der Waals surface area contributed by atoms with Gasteiger partial charge in [0.05, 0.1) is 7.11 Å². The number of rotatable bonds is 6. The average Bonchev–Trinajstić information content (AvgIpc) is 2.54. The van der Waals surface area contributed by atoms with E-state index in [1.54, 1.807) is 36.4 Å². The average molecular weight is 319 g/mol. The fourth-order valence-electron chi connectivity index (χ4n) is 1.91. The monoisotopic (exact) mass is 319 g/mol. The van der Waals surface area contributed by atoms with Crippen LogP contribution in [-0.2, 0) is 4.79 Å². The molecule has 6 heteroatoms. The second kappa shape index (κ2) is 7.93. The van der Waals surface area contributed by atoms with Crippen molar-refractivity contribution < 1.29 is 23.0 Å². The second-order valence-electron chi connectivity index (χ2n) is 4.45. The number of para-hydroxylation sites is 2. The van der Waals surface area contributed by atoms with E-state index in [2.05, 4.69) is 10.1 Å². The number of benzene rings is 2. The van der Waals surface area contributed by atoms with Crippen LogP contribution in [0.5, 0.6) is 11.5 Å². The number of hydrogen-bond acceptors (Lipinski definition) is 3. The van der Waals surface area contributed by atoms with Gasteiger partial charge < -0.3 is 14.8 Å². The molecule has 0 fully saturated rings. The molecule has 0 spiro atoms. The molecule has 1 N–H and O–H groups in total. The van der Waals surface area contributed by atoms with Gasteiger partial charge in [-0.2, -0.15) is 8.78 Å². The highest BCUT2D eigenvalue weighted by molar-refractivity contribution is 6.02. The summed E-state index contributed by atoms with van der Waals surface area (Å²) in [7, 11) is 1.35. The molecule has 0 aliphatic carbocycles. The Balaban J connectivity index is 2.16. The first-order valence-corrected chi connectivity index (χ1v) is 6.76. The van der Waals surface area contributed by atoms with Crippen LogP contribution in [0.25, 0.3) is 6.08 Å². The van der Waals surface area contributed by atoms with Gasteiger partial charge in [0.2, 0.25) is 5.91 Å². The predicted molar refractivity (Wildman–Crippen MR) is 83.7 cm³/mol. The molecule has 0 unspecified atom stereocenters. The molecule has 2 aromatic rings. The topological polar surface area (TPSA) is 47.6 Å². The lowest BCUT2D eigenvalue weighted by Gasteiger charge is -2.12. The third-order valence-electron chi connectivity index (χ3n) is 2.89. The van der Waals surface area contributed by atoms with E-state index < -0.39 is 6.61 Å². The fourth-order valence-corrected chi connectivity index (χ4v) is 1.91. The number of ether oxygens (including phenoxy) is 2. The number of methoxy groups -OCH3 is 1. The summed E-state index contributed by atoms with van der Waals surface area (Å²) in [6, 6.07) is 13.5. The third-order valence-corrected chi connectivity index (χ3v) is 2.89. The van der Waals surface area contributed by atoms with Crippen LogP contribution in [0.15, 0.2) is 54.6 Å². The molecule has 23 heavy (non-hydrogen) atoms. The Morgan fingerprint density at radius 2 is 1.87 bits per heavy atom. The number of nitrogens with one attached hydrogen (secondary N) is 1. The number of anilines is 1. The molecule has 0 atom stereocenters. The molecule has 0 heterocycles. The minimum Gasteiger partial charge on any atom is -0.493 e. The molecule has 120 valence electrons. The summed E-state index contributed by atoms with van der Waals surface area (Å²) in [6.07, 6.45) is 2.62. The SMILES string of the molecule is COc1cccc(/C=C/C(=O)Nc2ccccc2)c1OC(F)F. The van der Waals surface area contributed by atoms with Crippen LogP contribution in [0.4, 0.5) is 14.5 Å². The lowest BCUT2D eigenvalue weighted by atomic mass is 10.1. The standard InChI is InChI=1S/C17H15F2NO3/c1-22-14-9-5-6-12(16(14)23-17(18)19)10-11-15(21)20-13-7-3-2-4-8-13/h2-11,17H,1H3,(H,20,21)/b11-10+. The van der Waals surface area contributed by atoms with E-state index in [1.807, 2.05) is 6.07 Å². The van der Waals surface area contributed by atoms with Gasteiger partial charge in [0.25, 0.3) is 0 Å². The van der Waals surface area contributed by atoms with Crippen LogP contribution >= 0.6 is 0 Å². The molecule has 2 aromatic carbocycles. The van der Waals surface area contributed by atoms with Crippen LogP contribution in [0.2, 0.25) is 0 Å². The summed E-state index contributed by atoms with van der Waals surface area (Å²) in [5.74, 6) is -0.341. The molecule has 2 rings (SSSR count). The van der Waals surface area contributed by atoms with Gasteiger partial charge in [0, 0.05) is 17.3 Å². The summed E-state index contributed by atoms with van der Waals surface area (Å²) in [5.41, 5.74) is 0.949. The molecule has 0 radical (unpaired) electrons. The van der Waals surface area contributed by atoms with Crippen LogP contribution in [0.1, 0.15) is 5.56 Å². The zero-order valence-corrected chi connectivity index (χ0v) is 12.3. The third kappa shape index (κ3) is 4.81. The van der Waals surface area contributed by atoms with Crippen molar-refractivity contribution in [1.29, 1.82) is 0 Å². The zero-order valence-electron chi connectivity index (χ0n) is 12.3. The molecule has 0 saturated carbocycles. The number of carbonyl (C=O) groups excluding carboxylic acids is 1. The van der Waals surface area contributed by atoms with Gasteiger partial charge in [0.15, 0.2) is 11.5 Å². The highest BCUT2D eigenvalue weighted by Crippen LogP contribution is 2.33. The maximum atomic E-state index is 12.5. The van der Waals surface area contributed by atoms with E-state index >= 15 is 0 Å². The van der Waals surface area contributed by atoms with Crippen molar-refractivity contribution in [2.45, 2.75) is 6.61 Å². The van der Waals surface area contributed by atoms with Gasteiger partial charge in [-0.1, -0.05) is 30.3 Å². The van der Waals surface area contributed by atoms with Crippen LogP contribution in [-0.4, -0.2) is 19.6 Å². The summed E-state index contributed by atoms with van der Waals surface area (Å²) in [5, 5.41) is 2.66. The van der Waals surface area contributed by atoms with E-state index in [1.165, 1.54) is 25.3 Å². The van der Waals surface area contributed by atoms with Gasteiger partial charge >= 0.3 is 6.61 Å². The largest absolute Gasteiger partial charge is 0.493 e. The zero-order chi connectivity index (χ0) is 16.7. The van der Waals surface area contributed by atoms with Crippen molar-refractivity contribution in [3.8, 4) is 11.5 Å². The van der Waals surface area contributed by atoms with Crippen molar-refractivity contribution in [2.24, 2.45) is 0 Å². The maximum Gasteiger partial charge on any atom is 0.387 e. The molecule has 0 saturated heterocycles. The summed E-state index contributed by atoms with van der Waals surface area (Å²) >= 11 is 0. The molecule has 0 aliphatic heterocycles. The Labute approximate surface area is 132 Å². The molecule has 0 aliphatic rings. The highest BCUT2D eigenvalue weighted by Gasteiger charge is 2.13. The number of carbonyl (C=O) groups is 1. The van der Waals surface area contributed by atoms with Crippen molar-refractivity contribution in [2.75, 3.05) is 12.4 Å². The molecular weight excluding hydrogens is 304 g/mol. The Kier molecular flexibility index (Phi) is 5.68. The van der Waals surface area contributed by atoms with Crippen molar-refractivity contribution >= 4 is 17.7 Å². The van der Waals surface area contributed by atoms with Crippen molar-refractivity contribution in [3.63, 3.8) is 0 Å². The Morgan fingerprint density at radius 1 is 1.13 bits per heavy atom. The first kappa shape index (κ1) is 16.5. The van der Waals surface area contributed by atoms with E-state index in [0.29, 0.717) is 11.3 Å². The highest BCUT2D eigenvalue weighted by atomic mass is 19.3. The van der Waals surface area contributed by atoms with Gasteiger partial charge in [-0.3, -0.25) is 4.79 Å². The Bertz CT molecular complexity index is 687. The van der Waals surface area contributed by atoms with E-state index in [-0.39, 0.29) is 17.4 Å². The van der Waals surface area contributed by atoms with Crippen LogP contribution in [0.3, 0.4) is 0 Å².